The van der Waals surface area contributed by atoms with Gasteiger partial charge in [0.25, 0.3) is 0 Å². The number of hydrogen-bond donors (Lipinski definition) is 2. The molecule has 5 nitrogen and oxygen atoms in total. The molecule has 0 spiro atoms. The van der Waals surface area contributed by atoms with E-state index in [1.165, 1.54) is 6.42 Å². The molecule has 1 aromatic heterocycles. The number of aromatic nitrogens is 1. The van der Waals surface area contributed by atoms with Crippen molar-refractivity contribution in [3.05, 3.63) is 42.4 Å². The number of benzene rings is 1. The van der Waals surface area contributed by atoms with Crippen molar-refractivity contribution in [2.75, 3.05) is 6.54 Å². The van der Waals surface area contributed by atoms with Crippen LogP contribution in [0.15, 0.2) is 40.9 Å². The zero-order valence-corrected chi connectivity index (χ0v) is 14.5. The quantitative estimate of drug-likeness (QED) is 0.808. The van der Waals surface area contributed by atoms with Crippen molar-refractivity contribution in [3.63, 3.8) is 0 Å². The molecular formula is C20H26N2O3. The lowest BCUT2D eigenvalue weighted by Gasteiger charge is -2.32. The lowest BCUT2D eigenvalue weighted by Crippen LogP contribution is -2.44. The Bertz CT molecular complexity index is 675. The van der Waals surface area contributed by atoms with Crippen LogP contribution in [-0.2, 0) is 11.2 Å². The van der Waals surface area contributed by atoms with Crippen LogP contribution in [0.25, 0.3) is 11.3 Å². The summed E-state index contributed by atoms with van der Waals surface area (Å²) in [6, 6.07) is 9.84. The number of carbonyl (C=O) groups excluding carboxylic acids is 1. The van der Waals surface area contributed by atoms with Gasteiger partial charge in [-0.15, -0.1) is 0 Å². The molecule has 0 saturated heterocycles. The molecule has 134 valence electrons. The summed E-state index contributed by atoms with van der Waals surface area (Å²) < 4.78 is 5.74. The molecule has 5 heteroatoms. The summed E-state index contributed by atoms with van der Waals surface area (Å²) in [6.45, 7) is 0.364. The van der Waals surface area contributed by atoms with Crippen LogP contribution in [0.1, 0.15) is 50.8 Å². The van der Waals surface area contributed by atoms with Crippen molar-refractivity contribution in [2.45, 2.75) is 57.0 Å². The number of nitrogens with zero attached hydrogens (tertiary/aromatic N) is 1. The highest BCUT2D eigenvalue weighted by Crippen LogP contribution is 2.27. The molecule has 1 aliphatic rings. The van der Waals surface area contributed by atoms with E-state index in [0.717, 1.165) is 37.0 Å². The molecule has 0 atom stereocenters. The third-order valence-electron chi connectivity index (χ3n) is 4.81. The molecule has 1 amide bonds. The third kappa shape index (κ3) is 5.16. The Kier molecular flexibility index (Phi) is 5.87. The van der Waals surface area contributed by atoms with E-state index in [2.05, 4.69) is 10.3 Å². The molecular weight excluding hydrogens is 316 g/mol. The first-order chi connectivity index (χ1) is 12.1. The SMILES string of the molecule is O=C(CCCc1ncc(-c2ccccc2)o1)NCC1(O)CCCCC1. The first-order valence-electron chi connectivity index (χ1n) is 9.14. The number of aliphatic hydroxyl groups is 1. The van der Waals surface area contributed by atoms with Gasteiger partial charge < -0.3 is 14.8 Å². The second kappa shape index (κ2) is 8.30. The van der Waals surface area contributed by atoms with Gasteiger partial charge in [-0.2, -0.15) is 0 Å². The number of hydrogen-bond acceptors (Lipinski definition) is 4. The Labute approximate surface area is 148 Å². The highest BCUT2D eigenvalue weighted by Gasteiger charge is 2.29. The Morgan fingerprint density at radius 1 is 1.20 bits per heavy atom. The van der Waals surface area contributed by atoms with E-state index in [-0.39, 0.29) is 5.91 Å². The second-order valence-electron chi connectivity index (χ2n) is 6.90. The minimum atomic E-state index is -0.707. The number of aryl methyl sites for hydroxylation is 1. The maximum atomic E-state index is 12.0. The fourth-order valence-electron chi connectivity index (χ4n) is 3.30. The van der Waals surface area contributed by atoms with E-state index >= 15 is 0 Å². The highest BCUT2D eigenvalue weighted by atomic mass is 16.4. The molecule has 25 heavy (non-hydrogen) atoms. The normalized spacial score (nSPS) is 16.5. The van der Waals surface area contributed by atoms with Gasteiger partial charge in [0.15, 0.2) is 11.7 Å². The van der Waals surface area contributed by atoms with Crippen LogP contribution in [0.4, 0.5) is 0 Å². The van der Waals surface area contributed by atoms with Gasteiger partial charge in [-0.3, -0.25) is 4.79 Å². The second-order valence-corrected chi connectivity index (χ2v) is 6.90. The number of nitrogens with one attached hydrogen (secondary N) is 1. The Morgan fingerprint density at radius 3 is 2.72 bits per heavy atom. The Hall–Kier alpha value is -2.14. The predicted molar refractivity (Wildman–Crippen MR) is 95.9 cm³/mol. The molecule has 1 saturated carbocycles. The molecule has 0 aliphatic heterocycles. The summed E-state index contributed by atoms with van der Waals surface area (Å²) in [5, 5.41) is 13.3. The standard InChI is InChI=1S/C20H26N2O3/c23-18(22-15-20(24)12-5-2-6-13-20)10-7-11-19-21-14-17(25-19)16-8-3-1-4-9-16/h1,3-4,8-9,14,24H,2,5-7,10-13,15H2,(H,22,23). The molecule has 1 aliphatic carbocycles. The zero-order chi connectivity index (χ0) is 17.5. The van der Waals surface area contributed by atoms with E-state index in [4.69, 9.17) is 4.42 Å². The van der Waals surface area contributed by atoms with Gasteiger partial charge in [-0.05, 0) is 19.3 Å². The predicted octanol–water partition coefficient (Wildman–Crippen LogP) is 3.48. The lowest BCUT2D eigenvalue weighted by molar-refractivity contribution is -0.122. The highest BCUT2D eigenvalue weighted by molar-refractivity contribution is 5.75. The van der Waals surface area contributed by atoms with E-state index < -0.39 is 5.60 Å². The van der Waals surface area contributed by atoms with Gasteiger partial charge in [0, 0.05) is 24.9 Å². The molecule has 1 heterocycles. The van der Waals surface area contributed by atoms with Gasteiger partial charge in [0.2, 0.25) is 5.91 Å². The van der Waals surface area contributed by atoms with Gasteiger partial charge in [-0.25, -0.2) is 4.98 Å². The molecule has 3 rings (SSSR count). The fraction of sp³-hybridized carbons (Fsp3) is 0.500. The molecule has 0 radical (unpaired) electrons. The van der Waals surface area contributed by atoms with Gasteiger partial charge in [-0.1, -0.05) is 49.6 Å². The Balaban J connectivity index is 1.39. The minimum Gasteiger partial charge on any atom is -0.441 e. The van der Waals surface area contributed by atoms with Crippen LogP contribution in [0.2, 0.25) is 0 Å². The summed E-state index contributed by atoms with van der Waals surface area (Å²) in [6.07, 6.45) is 8.28. The van der Waals surface area contributed by atoms with Crippen molar-refractivity contribution < 1.29 is 14.3 Å². The first-order valence-corrected chi connectivity index (χ1v) is 9.14. The molecule has 1 aromatic carbocycles. The van der Waals surface area contributed by atoms with Crippen LogP contribution in [0.5, 0.6) is 0 Å². The summed E-state index contributed by atoms with van der Waals surface area (Å²) >= 11 is 0. The van der Waals surface area contributed by atoms with Gasteiger partial charge >= 0.3 is 0 Å². The number of rotatable bonds is 7. The number of oxazole rings is 1. The summed E-state index contributed by atoms with van der Waals surface area (Å²) in [5.41, 5.74) is 0.292. The zero-order valence-electron chi connectivity index (χ0n) is 14.5. The fourth-order valence-corrected chi connectivity index (χ4v) is 3.30. The van der Waals surface area contributed by atoms with Crippen LogP contribution in [0.3, 0.4) is 0 Å². The molecule has 0 bridgehead atoms. The van der Waals surface area contributed by atoms with Crippen molar-refractivity contribution in [2.24, 2.45) is 0 Å². The largest absolute Gasteiger partial charge is 0.441 e. The van der Waals surface area contributed by atoms with Crippen molar-refractivity contribution >= 4 is 5.91 Å². The Morgan fingerprint density at radius 2 is 1.96 bits per heavy atom. The third-order valence-corrected chi connectivity index (χ3v) is 4.81. The van der Waals surface area contributed by atoms with Crippen molar-refractivity contribution in [3.8, 4) is 11.3 Å². The van der Waals surface area contributed by atoms with E-state index in [0.29, 0.717) is 31.7 Å². The first kappa shape index (κ1) is 17.7. The topological polar surface area (TPSA) is 75.4 Å². The summed E-state index contributed by atoms with van der Waals surface area (Å²) in [4.78, 5) is 16.3. The minimum absolute atomic E-state index is 0.0196. The van der Waals surface area contributed by atoms with Crippen molar-refractivity contribution in [1.82, 2.24) is 10.3 Å². The molecule has 2 N–H and O–H groups in total. The van der Waals surface area contributed by atoms with Crippen molar-refractivity contribution in [1.29, 1.82) is 0 Å². The van der Waals surface area contributed by atoms with E-state index in [1.807, 2.05) is 30.3 Å². The van der Waals surface area contributed by atoms with Gasteiger partial charge in [0.05, 0.1) is 11.8 Å². The smallest absolute Gasteiger partial charge is 0.220 e. The van der Waals surface area contributed by atoms with Crippen LogP contribution in [-0.4, -0.2) is 28.1 Å². The van der Waals surface area contributed by atoms with Crippen LogP contribution in [0, 0.1) is 0 Å². The molecule has 1 fully saturated rings. The molecule has 2 aromatic rings. The van der Waals surface area contributed by atoms with Gasteiger partial charge in [0.1, 0.15) is 0 Å². The average Bonchev–Trinajstić information content (AvgIpc) is 3.10. The van der Waals surface area contributed by atoms with E-state index in [9.17, 15) is 9.90 Å². The van der Waals surface area contributed by atoms with Crippen LogP contribution < -0.4 is 5.32 Å². The maximum absolute atomic E-state index is 12.0. The maximum Gasteiger partial charge on any atom is 0.220 e. The average molecular weight is 342 g/mol. The summed E-state index contributed by atoms with van der Waals surface area (Å²) in [7, 11) is 0. The molecule has 0 unspecified atom stereocenters. The lowest BCUT2D eigenvalue weighted by atomic mass is 9.85. The van der Waals surface area contributed by atoms with Crippen LogP contribution >= 0.6 is 0 Å². The summed E-state index contributed by atoms with van der Waals surface area (Å²) in [5.74, 6) is 1.38. The number of amides is 1. The van der Waals surface area contributed by atoms with E-state index in [1.54, 1.807) is 6.20 Å². The monoisotopic (exact) mass is 342 g/mol. The number of carbonyl (C=O) groups is 1.